The molecule has 0 radical (unpaired) electrons. The minimum absolute atomic E-state index is 0.0206. The van der Waals surface area contributed by atoms with Crippen LogP contribution in [0.4, 0.5) is 4.79 Å². The Morgan fingerprint density at radius 3 is 2.55 bits per heavy atom. The fourth-order valence-corrected chi connectivity index (χ4v) is 5.61. The average molecular weight is 572 g/mol. The van der Waals surface area contributed by atoms with E-state index in [-0.39, 0.29) is 31.1 Å². The monoisotopic (exact) mass is 571 g/mol. The number of nitrogens with zero attached hydrogens (tertiary/aromatic N) is 11. The van der Waals surface area contributed by atoms with Gasteiger partial charge in [0.15, 0.2) is 0 Å². The van der Waals surface area contributed by atoms with Crippen molar-refractivity contribution in [3.05, 3.63) is 91.4 Å². The first-order valence-electron chi connectivity index (χ1n) is 13.9. The van der Waals surface area contributed by atoms with E-state index in [1.807, 2.05) is 43.1 Å². The predicted octanol–water partition coefficient (Wildman–Crippen LogP) is 5.27. The molecule has 1 unspecified atom stereocenters. The minimum atomic E-state index is -1.32. The zero-order chi connectivity index (χ0) is 29.9. The molecule has 14 nitrogen and oxygen atoms in total. The van der Waals surface area contributed by atoms with E-state index in [0.29, 0.717) is 24.9 Å². The van der Waals surface area contributed by atoms with Crippen molar-refractivity contribution in [2.45, 2.75) is 77.1 Å². The van der Waals surface area contributed by atoms with Crippen LogP contribution in [0.2, 0.25) is 0 Å². The number of pyridine rings is 1. The number of ether oxygens (including phenoxy) is 1. The molecule has 0 saturated heterocycles. The van der Waals surface area contributed by atoms with Gasteiger partial charge in [-0.05, 0) is 87.2 Å². The van der Waals surface area contributed by atoms with Crippen molar-refractivity contribution in [1.29, 1.82) is 0 Å². The number of carbonyl (C=O) groups excluding carboxylic acids is 2. The third-order valence-corrected chi connectivity index (χ3v) is 7.94. The highest BCUT2D eigenvalue weighted by Crippen LogP contribution is 2.35. The summed E-state index contributed by atoms with van der Waals surface area (Å²) < 4.78 is 8.84. The molecular weight excluding hydrogens is 538 g/mol. The molecule has 14 heteroatoms. The topological polar surface area (TPSA) is 180 Å². The molecule has 1 fully saturated rings. The lowest BCUT2D eigenvalue weighted by atomic mass is 9.91. The van der Waals surface area contributed by atoms with E-state index < -0.39 is 11.7 Å². The summed E-state index contributed by atoms with van der Waals surface area (Å²) in [5.74, 6) is 0.0372. The molecule has 3 heterocycles. The van der Waals surface area contributed by atoms with Crippen LogP contribution < -0.4 is 0 Å². The summed E-state index contributed by atoms with van der Waals surface area (Å²) in [7, 11) is 0. The Morgan fingerprint density at radius 2 is 1.90 bits per heavy atom. The van der Waals surface area contributed by atoms with Crippen LogP contribution in [-0.4, -0.2) is 67.0 Å². The second-order valence-corrected chi connectivity index (χ2v) is 11.2. The number of hydrogen-bond donors (Lipinski definition) is 0. The van der Waals surface area contributed by atoms with Gasteiger partial charge in [-0.3, -0.25) is 9.78 Å². The van der Waals surface area contributed by atoms with Crippen molar-refractivity contribution in [1.82, 2.24) is 24.2 Å². The third-order valence-electron chi connectivity index (χ3n) is 7.94. The van der Waals surface area contributed by atoms with Crippen molar-refractivity contribution in [3.8, 4) is 0 Å². The Hall–Kier alpha value is -4.80. The summed E-state index contributed by atoms with van der Waals surface area (Å²) in [5.41, 5.74) is 21.5. The summed E-state index contributed by atoms with van der Waals surface area (Å²) >= 11 is 0. The lowest BCUT2D eigenvalue weighted by molar-refractivity contribution is 0.0369. The second-order valence-electron chi connectivity index (χ2n) is 11.2. The Bertz CT molecular complexity index is 1560. The summed E-state index contributed by atoms with van der Waals surface area (Å²) in [6, 6.07) is 6.10. The highest BCUT2D eigenvalue weighted by Gasteiger charge is 2.40. The molecule has 5 rings (SSSR count). The van der Waals surface area contributed by atoms with Gasteiger partial charge in [-0.2, -0.15) is 9.78 Å². The van der Waals surface area contributed by atoms with Crippen LogP contribution in [0.25, 0.3) is 20.9 Å². The van der Waals surface area contributed by atoms with Crippen LogP contribution in [0.15, 0.2) is 47.0 Å². The van der Waals surface area contributed by atoms with Gasteiger partial charge in [-0.25, -0.2) is 4.79 Å². The van der Waals surface area contributed by atoms with Gasteiger partial charge in [0.05, 0.1) is 24.3 Å². The quantitative estimate of drug-likeness (QED) is 0.182. The van der Waals surface area contributed by atoms with Gasteiger partial charge in [-0.1, -0.05) is 16.3 Å². The molecule has 1 saturated carbocycles. The van der Waals surface area contributed by atoms with Crippen LogP contribution in [0.1, 0.15) is 64.8 Å². The summed E-state index contributed by atoms with van der Waals surface area (Å²) in [5, 5.41) is 11.4. The number of carbonyl (C=O) groups is 2. The number of aromatic nitrogens is 4. The van der Waals surface area contributed by atoms with Crippen molar-refractivity contribution >= 4 is 12.0 Å². The van der Waals surface area contributed by atoms with Crippen LogP contribution in [0, 0.1) is 13.8 Å². The first kappa shape index (κ1) is 28.7. The van der Waals surface area contributed by atoms with Gasteiger partial charge in [0.2, 0.25) is 0 Å². The second kappa shape index (κ2) is 12.0. The smallest absolute Gasteiger partial charge is 0.435 e. The number of rotatable bonds is 10. The zero-order valence-electron chi connectivity index (χ0n) is 23.9. The van der Waals surface area contributed by atoms with Crippen LogP contribution in [-0.2, 0) is 24.1 Å². The van der Waals surface area contributed by atoms with E-state index in [9.17, 15) is 9.59 Å². The fraction of sp³-hybridized carbons (Fsp3) is 0.500. The highest BCUT2D eigenvalue weighted by molar-refractivity contribution is 5.96. The van der Waals surface area contributed by atoms with Crippen molar-refractivity contribution in [2.24, 2.45) is 10.2 Å². The van der Waals surface area contributed by atoms with E-state index in [1.165, 1.54) is 6.92 Å². The Kier molecular flexibility index (Phi) is 8.19. The maximum atomic E-state index is 14.1. The van der Waals surface area contributed by atoms with E-state index in [0.717, 1.165) is 52.2 Å². The number of azide groups is 2. The van der Waals surface area contributed by atoms with Gasteiger partial charge in [0, 0.05) is 58.4 Å². The molecule has 1 atom stereocenters. The molecular formula is C28H33N11O3. The van der Waals surface area contributed by atoms with Crippen molar-refractivity contribution < 1.29 is 14.3 Å². The SMILES string of the molecule is Cc1cc(C(=O)N(C2CC2)C2CCc3nn(C(=O)OC(C)(CN=[N+]=[N-])CN=[N+]=[N-])cc3C2)c(C)n1Cc1cccnc1. The normalized spacial score (nSPS) is 17.3. The van der Waals surface area contributed by atoms with E-state index in [4.69, 9.17) is 15.8 Å². The van der Waals surface area contributed by atoms with E-state index in [1.54, 1.807) is 12.4 Å². The number of fused-ring (bicyclic) bond motifs is 1. The minimum Gasteiger partial charge on any atom is -0.441 e. The molecule has 0 N–H and O–H groups in total. The number of amides is 1. The first-order chi connectivity index (χ1) is 20.2. The lowest BCUT2D eigenvalue weighted by Gasteiger charge is -2.34. The molecule has 42 heavy (non-hydrogen) atoms. The summed E-state index contributed by atoms with van der Waals surface area (Å²) in [6.45, 7) is 5.80. The molecule has 0 aromatic carbocycles. The Morgan fingerprint density at radius 1 is 1.17 bits per heavy atom. The molecule has 0 aliphatic heterocycles. The zero-order valence-corrected chi connectivity index (χ0v) is 23.9. The average Bonchev–Trinajstić information content (AvgIpc) is 3.66. The summed E-state index contributed by atoms with van der Waals surface area (Å²) in [4.78, 5) is 38.7. The van der Waals surface area contributed by atoms with Crippen molar-refractivity contribution in [3.63, 3.8) is 0 Å². The maximum absolute atomic E-state index is 14.1. The van der Waals surface area contributed by atoms with E-state index >= 15 is 0 Å². The Labute approximate surface area is 242 Å². The molecule has 3 aromatic heterocycles. The highest BCUT2D eigenvalue weighted by atomic mass is 16.6. The first-order valence-corrected chi connectivity index (χ1v) is 13.9. The fourth-order valence-electron chi connectivity index (χ4n) is 5.61. The predicted molar refractivity (Wildman–Crippen MR) is 153 cm³/mol. The third kappa shape index (κ3) is 6.09. The maximum Gasteiger partial charge on any atom is 0.435 e. The summed E-state index contributed by atoms with van der Waals surface area (Å²) in [6.07, 6.45) is 8.35. The molecule has 2 aliphatic carbocycles. The van der Waals surface area contributed by atoms with Gasteiger partial charge in [-0.15, -0.1) is 0 Å². The van der Waals surface area contributed by atoms with Crippen LogP contribution in [0.3, 0.4) is 0 Å². The van der Waals surface area contributed by atoms with Crippen LogP contribution in [0.5, 0.6) is 0 Å². The molecule has 1 amide bonds. The largest absolute Gasteiger partial charge is 0.441 e. The number of aryl methyl sites for hydroxylation is 2. The molecule has 218 valence electrons. The molecule has 2 aliphatic rings. The van der Waals surface area contributed by atoms with Gasteiger partial charge >= 0.3 is 6.09 Å². The van der Waals surface area contributed by atoms with Crippen LogP contribution >= 0.6 is 0 Å². The molecule has 0 spiro atoms. The van der Waals surface area contributed by atoms with Gasteiger partial charge < -0.3 is 14.2 Å². The lowest BCUT2D eigenvalue weighted by Crippen LogP contribution is -2.45. The Balaban J connectivity index is 1.33. The van der Waals surface area contributed by atoms with Crippen molar-refractivity contribution in [2.75, 3.05) is 13.1 Å². The number of hydrogen-bond acceptors (Lipinski definition) is 7. The standard InChI is InChI=1S/C28H33N11O3/c1-18-11-24(19(2)37(18)14-20-5-4-10-31-13-20)26(40)39(22-6-7-22)23-8-9-25-21(12-23)15-38(34-25)27(41)42-28(3,16-32-35-29)17-33-36-30/h4-5,10-11,13,15,22-23H,6-9,12,14,16-17H2,1-3H3. The van der Waals surface area contributed by atoms with Gasteiger partial charge in [0.25, 0.3) is 5.91 Å². The molecule has 0 bridgehead atoms. The van der Waals surface area contributed by atoms with E-state index in [2.05, 4.69) is 34.7 Å². The van der Waals surface area contributed by atoms with Gasteiger partial charge in [0.1, 0.15) is 5.60 Å². The molecule has 3 aromatic rings.